The van der Waals surface area contributed by atoms with Crippen molar-refractivity contribution in [2.24, 2.45) is 0 Å². The molecule has 0 radical (unpaired) electrons. The lowest BCUT2D eigenvalue weighted by Crippen LogP contribution is -3.08. The Balaban J connectivity index is 1.62. The van der Waals surface area contributed by atoms with Crippen molar-refractivity contribution in [3.63, 3.8) is 0 Å². The van der Waals surface area contributed by atoms with Crippen molar-refractivity contribution in [1.29, 1.82) is 0 Å². The van der Waals surface area contributed by atoms with E-state index >= 15 is 0 Å². The van der Waals surface area contributed by atoms with E-state index in [1.54, 1.807) is 28.6 Å². The van der Waals surface area contributed by atoms with Crippen molar-refractivity contribution in [1.82, 2.24) is 4.31 Å². The van der Waals surface area contributed by atoms with Crippen molar-refractivity contribution >= 4 is 21.6 Å². The summed E-state index contributed by atoms with van der Waals surface area (Å²) < 4.78 is 27.3. The van der Waals surface area contributed by atoms with Crippen molar-refractivity contribution in [2.75, 3.05) is 32.0 Å². The first-order valence-electron chi connectivity index (χ1n) is 10.5. The number of carbonyl (C=O) groups is 1. The first kappa shape index (κ1) is 22.5. The SMILES string of the molecule is Cc1ccc(C[NH+](C)CC(=O)Nc2cccc(S(=O)(=O)N3CCCCC3)c2)c(C)c1. The van der Waals surface area contributed by atoms with Crippen LogP contribution in [0.15, 0.2) is 47.4 Å². The van der Waals surface area contributed by atoms with E-state index in [0.717, 1.165) is 30.7 Å². The van der Waals surface area contributed by atoms with E-state index < -0.39 is 10.0 Å². The van der Waals surface area contributed by atoms with Crippen LogP contribution in [0.1, 0.15) is 36.0 Å². The molecule has 162 valence electrons. The number of hydrogen-bond acceptors (Lipinski definition) is 3. The van der Waals surface area contributed by atoms with Gasteiger partial charge in [-0.2, -0.15) is 4.31 Å². The van der Waals surface area contributed by atoms with Crippen molar-refractivity contribution in [3.05, 3.63) is 59.2 Å². The molecular formula is C23H32N3O3S+. The number of amides is 1. The van der Waals surface area contributed by atoms with Gasteiger partial charge in [0, 0.05) is 24.3 Å². The second-order valence-electron chi connectivity index (χ2n) is 8.28. The minimum atomic E-state index is -3.52. The lowest BCUT2D eigenvalue weighted by molar-refractivity contribution is -0.885. The molecule has 0 bridgehead atoms. The molecule has 7 heteroatoms. The van der Waals surface area contributed by atoms with Gasteiger partial charge in [0.25, 0.3) is 5.91 Å². The lowest BCUT2D eigenvalue weighted by atomic mass is 10.1. The maximum absolute atomic E-state index is 12.9. The third-order valence-corrected chi connectivity index (χ3v) is 7.42. The van der Waals surface area contributed by atoms with Crippen LogP contribution < -0.4 is 10.2 Å². The molecule has 6 nitrogen and oxygen atoms in total. The van der Waals surface area contributed by atoms with E-state index in [1.807, 2.05) is 7.05 Å². The largest absolute Gasteiger partial charge is 0.326 e. The Bertz CT molecular complexity index is 999. The summed E-state index contributed by atoms with van der Waals surface area (Å²) in [5.41, 5.74) is 4.19. The molecule has 1 saturated heterocycles. The number of piperidine rings is 1. The molecule has 0 aromatic heterocycles. The minimum Gasteiger partial charge on any atom is -0.326 e. The number of aryl methyl sites for hydroxylation is 2. The third-order valence-electron chi connectivity index (χ3n) is 5.52. The molecular weight excluding hydrogens is 398 g/mol. The van der Waals surface area contributed by atoms with Crippen LogP contribution in [-0.2, 0) is 21.4 Å². The first-order chi connectivity index (χ1) is 14.3. The Morgan fingerprint density at radius 3 is 2.50 bits per heavy atom. The molecule has 2 aromatic carbocycles. The summed E-state index contributed by atoms with van der Waals surface area (Å²) in [6.45, 7) is 6.33. The number of likely N-dealkylation sites (N-methyl/N-ethyl adjacent to an activating group) is 1. The van der Waals surface area contributed by atoms with Crippen LogP contribution in [0, 0.1) is 13.8 Å². The van der Waals surface area contributed by atoms with Crippen LogP contribution in [0.5, 0.6) is 0 Å². The summed E-state index contributed by atoms with van der Waals surface area (Å²) in [6.07, 6.45) is 2.86. The van der Waals surface area contributed by atoms with Gasteiger partial charge < -0.3 is 10.2 Å². The summed E-state index contributed by atoms with van der Waals surface area (Å²) in [7, 11) is -1.53. The maximum Gasteiger partial charge on any atom is 0.279 e. The predicted molar refractivity (Wildman–Crippen MR) is 119 cm³/mol. The van der Waals surface area contributed by atoms with E-state index in [0.29, 0.717) is 25.3 Å². The van der Waals surface area contributed by atoms with Crippen LogP contribution in [0.2, 0.25) is 0 Å². The summed E-state index contributed by atoms with van der Waals surface area (Å²) in [4.78, 5) is 13.8. The number of benzene rings is 2. The van der Waals surface area contributed by atoms with Gasteiger partial charge >= 0.3 is 0 Å². The Kier molecular flexibility index (Phi) is 7.28. The zero-order valence-electron chi connectivity index (χ0n) is 18.1. The van der Waals surface area contributed by atoms with Gasteiger partial charge in [-0.15, -0.1) is 0 Å². The zero-order valence-corrected chi connectivity index (χ0v) is 18.9. The van der Waals surface area contributed by atoms with Gasteiger partial charge in [0.1, 0.15) is 6.54 Å². The Morgan fingerprint density at radius 2 is 1.80 bits per heavy atom. The van der Waals surface area contributed by atoms with Gasteiger partial charge in [0.05, 0.1) is 11.9 Å². The standard InChI is InChI=1S/C23H31N3O3S/c1-18-10-11-20(19(2)14-18)16-25(3)17-23(27)24-21-8-7-9-22(15-21)30(28,29)26-12-5-4-6-13-26/h7-11,14-15H,4-6,12-13,16-17H2,1-3H3,(H,24,27)/p+1. The Labute approximate surface area is 179 Å². The Hall–Kier alpha value is -2.22. The van der Waals surface area contributed by atoms with Crippen LogP contribution in [0.25, 0.3) is 0 Å². The molecule has 3 rings (SSSR count). The number of sulfonamides is 1. The number of nitrogens with zero attached hydrogens (tertiary/aromatic N) is 1. The lowest BCUT2D eigenvalue weighted by Gasteiger charge is -2.26. The van der Waals surface area contributed by atoms with E-state index in [-0.39, 0.29) is 10.8 Å². The fourth-order valence-electron chi connectivity index (χ4n) is 3.90. The highest BCUT2D eigenvalue weighted by molar-refractivity contribution is 7.89. The molecule has 0 spiro atoms. The highest BCUT2D eigenvalue weighted by Crippen LogP contribution is 2.22. The normalized spacial score (nSPS) is 16.2. The van der Waals surface area contributed by atoms with E-state index in [1.165, 1.54) is 16.7 Å². The van der Waals surface area contributed by atoms with E-state index in [4.69, 9.17) is 0 Å². The molecule has 0 aliphatic carbocycles. The van der Waals surface area contributed by atoms with Gasteiger partial charge in [-0.25, -0.2) is 8.42 Å². The fraction of sp³-hybridized carbons (Fsp3) is 0.435. The van der Waals surface area contributed by atoms with Gasteiger partial charge in [0.15, 0.2) is 6.54 Å². The first-order valence-corrected chi connectivity index (χ1v) is 12.0. The molecule has 1 unspecified atom stereocenters. The summed E-state index contributed by atoms with van der Waals surface area (Å²) in [6, 6.07) is 12.9. The molecule has 2 aromatic rings. The highest BCUT2D eigenvalue weighted by Gasteiger charge is 2.26. The number of carbonyl (C=O) groups excluding carboxylic acids is 1. The predicted octanol–water partition coefficient (Wildman–Crippen LogP) is 2.13. The average molecular weight is 431 g/mol. The van der Waals surface area contributed by atoms with Crippen LogP contribution in [0.3, 0.4) is 0 Å². The molecule has 1 aliphatic heterocycles. The van der Waals surface area contributed by atoms with Gasteiger partial charge in [-0.3, -0.25) is 4.79 Å². The minimum absolute atomic E-state index is 0.134. The van der Waals surface area contributed by atoms with Crippen molar-refractivity contribution in [2.45, 2.75) is 44.6 Å². The van der Waals surface area contributed by atoms with Crippen molar-refractivity contribution in [3.8, 4) is 0 Å². The second-order valence-corrected chi connectivity index (χ2v) is 10.2. The third kappa shape index (κ3) is 5.68. The molecule has 30 heavy (non-hydrogen) atoms. The van der Waals surface area contributed by atoms with E-state index in [2.05, 4.69) is 37.4 Å². The average Bonchev–Trinajstić information content (AvgIpc) is 2.71. The molecule has 1 atom stereocenters. The molecule has 1 fully saturated rings. The van der Waals surface area contributed by atoms with E-state index in [9.17, 15) is 13.2 Å². The number of anilines is 1. The second kappa shape index (κ2) is 9.73. The Morgan fingerprint density at radius 1 is 1.07 bits per heavy atom. The van der Waals surface area contributed by atoms with Crippen LogP contribution >= 0.6 is 0 Å². The topological polar surface area (TPSA) is 70.9 Å². The van der Waals surface area contributed by atoms with Gasteiger partial charge in [-0.1, -0.05) is 36.2 Å². The maximum atomic E-state index is 12.9. The van der Waals surface area contributed by atoms with Gasteiger partial charge in [0.2, 0.25) is 10.0 Å². The summed E-state index contributed by atoms with van der Waals surface area (Å²) in [5, 5.41) is 2.86. The number of rotatable bonds is 7. The number of nitrogens with one attached hydrogen (secondary N) is 2. The molecule has 1 heterocycles. The zero-order chi connectivity index (χ0) is 21.7. The number of quaternary nitrogens is 1. The quantitative estimate of drug-likeness (QED) is 0.707. The van der Waals surface area contributed by atoms with Crippen LogP contribution in [-0.4, -0.2) is 45.3 Å². The monoisotopic (exact) mass is 430 g/mol. The van der Waals surface area contributed by atoms with Gasteiger partial charge in [-0.05, 0) is 50.5 Å². The van der Waals surface area contributed by atoms with Crippen molar-refractivity contribution < 1.29 is 18.1 Å². The summed E-state index contributed by atoms with van der Waals surface area (Å²) in [5.74, 6) is -0.134. The molecule has 1 amide bonds. The molecule has 1 aliphatic rings. The fourth-order valence-corrected chi connectivity index (χ4v) is 5.46. The molecule has 2 N–H and O–H groups in total. The van der Waals surface area contributed by atoms with Crippen LogP contribution in [0.4, 0.5) is 5.69 Å². The molecule has 0 saturated carbocycles. The summed E-state index contributed by atoms with van der Waals surface area (Å²) >= 11 is 0. The highest BCUT2D eigenvalue weighted by atomic mass is 32.2. The smallest absolute Gasteiger partial charge is 0.279 e. The number of hydrogen-bond donors (Lipinski definition) is 2.